The van der Waals surface area contributed by atoms with Gasteiger partial charge in [-0.15, -0.1) is 0 Å². The monoisotopic (exact) mass is 572 g/mol. The fourth-order valence-electron chi connectivity index (χ4n) is 7.05. The minimum Gasteiger partial charge on any atom is -0.383 e. The molecule has 41 heavy (non-hydrogen) atoms. The van der Waals surface area contributed by atoms with Gasteiger partial charge < -0.3 is 10.2 Å². The van der Waals surface area contributed by atoms with Crippen molar-refractivity contribution in [2.45, 2.75) is 38.3 Å². The lowest BCUT2D eigenvalue weighted by Gasteiger charge is -2.78. The molecule has 0 bridgehead atoms. The molecule has 1 spiro atoms. The number of hydrogen-bond acceptors (Lipinski definition) is 7. The number of nitrogens with one attached hydrogen (secondary N) is 2. The second-order valence-electron chi connectivity index (χ2n) is 11.8. The lowest BCUT2D eigenvalue weighted by atomic mass is 9.29. The Kier molecular flexibility index (Phi) is 7.78. The number of aliphatic imine (C=N–C) groups is 1. The van der Waals surface area contributed by atoms with Gasteiger partial charge in [-0.25, -0.2) is 23.1 Å². The Morgan fingerprint density at radius 1 is 1.24 bits per heavy atom. The van der Waals surface area contributed by atoms with Crippen molar-refractivity contribution in [1.82, 2.24) is 19.6 Å². The van der Waals surface area contributed by atoms with Gasteiger partial charge in [-0.05, 0) is 60.6 Å². The van der Waals surface area contributed by atoms with E-state index in [9.17, 15) is 8.42 Å². The van der Waals surface area contributed by atoms with E-state index in [0.29, 0.717) is 17.7 Å². The maximum atomic E-state index is 12.0. The molecule has 5 unspecified atom stereocenters. The molecule has 0 saturated heterocycles. The molecule has 0 radical (unpaired) electrons. The smallest absolute Gasteiger partial charge is 0.208 e. The van der Waals surface area contributed by atoms with Crippen molar-refractivity contribution >= 4 is 33.2 Å². The first-order chi connectivity index (χ1) is 19.5. The number of benzene rings is 1. The van der Waals surface area contributed by atoms with Crippen molar-refractivity contribution < 1.29 is 8.42 Å². The molecule has 5 atom stereocenters. The second kappa shape index (κ2) is 11.0. The van der Waals surface area contributed by atoms with Crippen molar-refractivity contribution in [3.05, 3.63) is 78.7 Å². The molecule has 2 aromatic rings. The second-order valence-corrected chi connectivity index (χ2v) is 13.6. The van der Waals surface area contributed by atoms with E-state index in [2.05, 4.69) is 40.3 Å². The van der Waals surface area contributed by atoms with Crippen molar-refractivity contribution in [1.29, 1.82) is 0 Å². The molecule has 216 valence electrons. The Morgan fingerprint density at radius 2 is 2.02 bits per heavy atom. The SMILES string of the molecule is C=C/C(=C\N(C)C)c1cccc(-c2ncc(/C(C=NC)=C/C(=C)C)c(NC3C4CCC45C(NS(C)(=O)=O)CC35)n2)c1. The number of aromatic nitrogens is 2. The molecule has 3 aliphatic carbocycles. The first kappa shape index (κ1) is 29.0. The van der Waals surface area contributed by atoms with Gasteiger partial charge in [0.1, 0.15) is 5.82 Å². The quantitative estimate of drug-likeness (QED) is 0.290. The lowest BCUT2D eigenvalue weighted by Crippen LogP contribution is -2.82. The molecule has 3 saturated carbocycles. The highest BCUT2D eigenvalue weighted by molar-refractivity contribution is 7.88. The maximum absolute atomic E-state index is 12.0. The average molecular weight is 573 g/mol. The standard InChI is InChI=1S/C32H40N6O2S/c1-8-21(19-38(5)6)22-10-9-11-23(15-22)30-34-18-25(24(17-33-4)14-20(2)3)31(36-30)35-29-26-12-13-32(26)27(29)16-28(32)37-41(7,39)40/h8-11,14-15,17-19,26-29,37H,1-2,12-13,16H2,3-7H3,(H,34,35,36)/b21-19+,24-14+,33-17?. The lowest BCUT2D eigenvalue weighted by molar-refractivity contribution is -0.243. The minimum atomic E-state index is -3.24. The number of sulfonamides is 1. The summed E-state index contributed by atoms with van der Waals surface area (Å²) in [6.45, 7) is 10.0. The van der Waals surface area contributed by atoms with Crippen LogP contribution in [0.5, 0.6) is 0 Å². The zero-order valence-electron chi connectivity index (χ0n) is 24.6. The molecule has 5 rings (SSSR count). The Balaban J connectivity index is 1.51. The van der Waals surface area contributed by atoms with Crippen LogP contribution in [0.25, 0.3) is 22.5 Å². The number of anilines is 1. The van der Waals surface area contributed by atoms with Crippen molar-refractivity contribution in [3.63, 3.8) is 0 Å². The van der Waals surface area contributed by atoms with Crippen LogP contribution in [0, 0.1) is 17.3 Å². The van der Waals surface area contributed by atoms with Crippen LogP contribution in [0.15, 0.2) is 72.5 Å². The zero-order chi connectivity index (χ0) is 29.5. The van der Waals surface area contributed by atoms with Crippen LogP contribution < -0.4 is 10.0 Å². The summed E-state index contributed by atoms with van der Waals surface area (Å²) in [6.07, 6.45) is 13.8. The Bertz CT molecular complexity index is 1570. The van der Waals surface area contributed by atoms with E-state index in [0.717, 1.165) is 58.5 Å². The van der Waals surface area contributed by atoms with E-state index in [1.165, 1.54) is 6.26 Å². The molecule has 9 heteroatoms. The molecule has 8 nitrogen and oxygen atoms in total. The van der Waals surface area contributed by atoms with E-state index in [1.807, 2.05) is 68.8 Å². The van der Waals surface area contributed by atoms with Gasteiger partial charge in [0.05, 0.1) is 6.26 Å². The molecule has 1 aromatic heterocycles. The van der Waals surface area contributed by atoms with Crippen molar-refractivity contribution in [2.24, 2.45) is 22.2 Å². The van der Waals surface area contributed by atoms with Crippen molar-refractivity contribution in [2.75, 3.05) is 32.7 Å². The van der Waals surface area contributed by atoms with Gasteiger partial charge >= 0.3 is 0 Å². The maximum Gasteiger partial charge on any atom is 0.208 e. The van der Waals surface area contributed by atoms with Crippen LogP contribution in [0.2, 0.25) is 0 Å². The van der Waals surface area contributed by atoms with Gasteiger partial charge in [0.25, 0.3) is 0 Å². The molecular weight excluding hydrogens is 532 g/mol. The summed E-state index contributed by atoms with van der Waals surface area (Å²) in [7, 11) is 2.49. The third-order valence-electron chi connectivity index (χ3n) is 8.78. The highest BCUT2D eigenvalue weighted by Gasteiger charge is 2.76. The van der Waals surface area contributed by atoms with E-state index >= 15 is 0 Å². The van der Waals surface area contributed by atoms with Crippen molar-refractivity contribution in [3.8, 4) is 11.4 Å². The molecule has 3 aliphatic rings. The summed E-state index contributed by atoms with van der Waals surface area (Å²) in [5, 5.41) is 3.79. The van der Waals surface area contributed by atoms with Gasteiger partial charge in [-0.1, -0.05) is 49.1 Å². The van der Waals surface area contributed by atoms with Crippen LogP contribution in [-0.2, 0) is 10.0 Å². The first-order valence-electron chi connectivity index (χ1n) is 14.0. The van der Waals surface area contributed by atoms with Crippen LogP contribution >= 0.6 is 0 Å². The Morgan fingerprint density at radius 3 is 2.61 bits per heavy atom. The summed E-state index contributed by atoms with van der Waals surface area (Å²) < 4.78 is 26.8. The first-order valence-corrected chi connectivity index (χ1v) is 15.9. The van der Waals surface area contributed by atoms with Crippen LogP contribution in [0.4, 0.5) is 5.82 Å². The predicted molar refractivity (Wildman–Crippen MR) is 169 cm³/mol. The fourth-order valence-corrected chi connectivity index (χ4v) is 7.88. The van der Waals surface area contributed by atoms with Gasteiger partial charge in [0.15, 0.2) is 5.82 Å². The topological polar surface area (TPSA) is 99.6 Å². The molecule has 2 N–H and O–H groups in total. The highest BCUT2D eigenvalue weighted by atomic mass is 32.2. The third kappa shape index (κ3) is 5.40. The van der Waals surface area contributed by atoms with E-state index in [1.54, 1.807) is 7.05 Å². The Hall–Kier alpha value is -3.56. The largest absolute Gasteiger partial charge is 0.383 e. The zero-order valence-corrected chi connectivity index (χ0v) is 25.4. The summed E-state index contributed by atoms with van der Waals surface area (Å²) >= 11 is 0. The fraction of sp³-hybridized carbons (Fsp3) is 0.406. The summed E-state index contributed by atoms with van der Waals surface area (Å²) in [5.74, 6) is 2.20. The highest BCUT2D eigenvalue weighted by Crippen LogP contribution is 2.74. The number of hydrogen-bond donors (Lipinski definition) is 2. The van der Waals surface area contributed by atoms with Gasteiger partial charge in [-0.2, -0.15) is 0 Å². The van der Waals surface area contributed by atoms with E-state index in [-0.39, 0.29) is 17.5 Å². The van der Waals surface area contributed by atoms with E-state index in [4.69, 9.17) is 9.97 Å². The number of nitrogens with zero attached hydrogens (tertiary/aromatic N) is 4. The van der Waals surface area contributed by atoms with Gasteiger partial charge in [0.2, 0.25) is 10.0 Å². The molecule has 1 aromatic carbocycles. The molecule has 1 heterocycles. The third-order valence-corrected chi connectivity index (χ3v) is 9.49. The molecule has 0 aliphatic heterocycles. The van der Waals surface area contributed by atoms with Gasteiger partial charge in [0, 0.05) is 68.5 Å². The van der Waals surface area contributed by atoms with Crippen LogP contribution in [0.3, 0.4) is 0 Å². The van der Waals surface area contributed by atoms with Gasteiger partial charge in [-0.3, -0.25) is 4.99 Å². The Labute approximate surface area is 244 Å². The number of allylic oxidation sites excluding steroid dienone is 5. The predicted octanol–water partition coefficient (Wildman–Crippen LogP) is 5.02. The summed E-state index contributed by atoms with van der Waals surface area (Å²) in [4.78, 5) is 16.2. The summed E-state index contributed by atoms with van der Waals surface area (Å²) in [6, 6.07) is 8.43. The van der Waals surface area contributed by atoms with E-state index < -0.39 is 10.0 Å². The molecular formula is C32H40N6O2S. The average Bonchev–Trinajstić information content (AvgIpc) is 2.87. The molecule has 0 amide bonds. The van der Waals surface area contributed by atoms with Crippen LogP contribution in [-0.4, -0.2) is 69.0 Å². The minimum absolute atomic E-state index is 0.0304. The van der Waals surface area contributed by atoms with Crippen LogP contribution in [0.1, 0.15) is 37.3 Å². The normalized spacial score (nSPS) is 27.1. The molecule has 3 fully saturated rings. The summed E-state index contributed by atoms with van der Waals surface area (Å²) in [5.41, 5.74) is 5.68. The number of rotatable bonds is 11.